The summed E-state index contributed by atoms with van der Waals surface area (Å²) in [5.74, 6) is 1.06. The quantitative estimate of drug-likeness (QED) is 0.427. The lowest BCUT2D eigenvalue weighted by Crippen LogP contribution is -2.32. The minimum Gasteiger partial charge on any atom is -0.381 e. The molecule has 0 aromatic heterocycles. The van der Waals surface area contributed by atoms with Gasteiger partial charge in [-0.2, -0.15) is 0 Å². The van der Waals surface area contributed by atoms with Gasteiger partial charge in [0.15, 0.2) is 5.82 Å². The Balaban J connectivity index is 2.52. The van der Waals surface area contributed by atoms with Gasteiger partial charge in [0.25, 0.3) is 0 Å². The molecule has 2 atom stereocenters. The number of hydrogen-bond donors (Lipinski definition) is 2. The second kappa shape index (κ2) is 5.91. The molecule has 1 aliphatic heterocycles. The van der Waals surface area contributed by atoms with Gasteiger partial charge in [-0.15, -0.1) is 0 Å². The Morgan fingerprint density at radius 1 is 1.62 bits per heavy atom. The molecule has 1 fully saturated rings. The highest BCUT2D eigenvalue weighted by Crippen LogP contribution is 2.19. The molecule has 92 valence electrons. The Kier molecular flexibility index (Phi) is 4.82. The van der Waals surface area contributed by atoms with E-state index in [9.17, 15) is 10.1 Å². The molecule has 1 aliphatic rings. The largest absolute Gasteiger partial charge is 0.381 e. The summed E-state index contributed by atoms with van der Waals surface area (Å²) in [4.78, 5) is 9.84. The standard InChI is InChI=1S/C9H16ClN3O3/c1-6-4-16-5-7(6)3-12-9(11-2)8(10)13(14)15/h6-7,11-12H,3-5H2,1-2H3. The van der Waals surface area contributed by atoms with E-state index in [0.29, 0.717) is 25.0 Å². The number of nitrogens with zero attached hydrogens (tertiary/aromatic N) is 1. The van der Waals surface area contributed by atoms with E-state index in [1.807, 2.05) is 0 Å². The van der Waals surface area contributed by atoms with Crippen LogP contribution in [0.5, 0.6) is 0 Å². The highest BCUT2D eigenvalue weighted by Gasteiger charge is 2.25. The number of hydrogen-bond acceptors (Lipinski definition) is 5. The van der Waals surface area contributed by atoms with Crippen LogP contribution in [-0.2, 0) is 4.74 Å². The van der Waals surface area contributed by atoms with Crippen LogP contribution in [0, 0.1) is 22.0 Å². The molecule has 1 heterocycles. The van der Waals surface area contributed by atoms with E-state index in [0.717, 1.165) is 6.61 Å². The summed E-state index contributed by atoms with van der Waals surface area (Å²) in [6.07, 6.45) is 0. The summed E-state index contributed by atoms with van der Waals surface area (Å²) in [6.45, 7) is 4.13. The number of halogens is 1. The topological polar surface area (TPSA) is 76.4 Å². The highest BCUT2D eigenvalue weighted by molar-refractivity contribution is 6.28. The second-order valence-electron chi connectivity index (χ2n) is 3.83. The van der Waals surface area contributed by atoms with E-state index in [-0.39, 0.29) is 5.82 Å². The van der Waals surface area contributed by atoms with Crippen LogP contribution >= 0.6 is 11.6 Å². The number of rotatable bonds is 5. The van der Waals surface area contributed by atoms with Crippen LogP contribution in [-0.4, -0.2) is 31.7 Å². The van der Waals surface area contributed by atoms with Gasteiger partial charge in [0.2, 0.25) is 0 Å². The van der Waals surface area contributed by atoms with Crippen molar-refractivity contribution in [3.05, 3.63) is 21.1 Å². The lowest BCUT2D eigenvalue weighted by molar-refractivity contribution is -0.414. The summed E-state index contributed by atoms with van der Waals surface area (Å²) in [5, 5.41) is 15.7. The fraction of sp³-hybridized carbons (Fsp3) is 0.778. The van der Waals surface area contributed by atoms with Gasteiger partial charge in [-0.05, 0) is 17.5 Å². The molecule has 7 heteroatoms. The molecule has 0 amide bonds. The predicted octanol–water partition coefficient (Wildman–Crippen LogP) is 0.720. The molecule has 2 unspecified atom stereocenters. The van der Waals surface area contributed by atoms with Crippen molar-refractivity contribution < 1.29 is 9.66 Å². The van der Waals surface area contributed by atoms with E-state index in [1.165, 1.54) is 0 Å². The molecule has 0 saturated carbocycles. The van der Waals surface area contributed by atoms with Crippen LogP contribution in [0.4, 0.5) is 0 Å². The fourth-order valence-electron chi connectivity index (χ4n) is 1.55. The lowest BCUT2D eigenvalue weighted by Gasteiger charge is -2.15. The Labute approximate surface area is 99.1 Å². The molecule has 0 radical (unpaired) electrons. The number of nitro groups is 1. The van der Waals surface area contributed by atoms with Crippen LogP contribution in [0.25, 0.3) is 0 Å². The minimum atomic E-state index is -0.630. The molecule has 16 heavy (non-hydrogen) atoms. The summed E-state index contributed by atoms with van der Waals surface area (Å²) in [6, 6.07) is 0. The van der Waals surface area contributed by atoms with Gasteiger partial charge in [0.1, 0.15) is 0 Å². The van der Waals surface area contributed by atoms with E-state index >= 15 is 0 Å². The van der Waals surface area contributed by atoms with Gasteiger partial charge >= 0.3 is 5.16 Å². The summed E-state index contributed by atoms with van der Waals surface area (Å²) >= 11 is 5.53. The van der Waals surface area contributed by atoms with Crippen LogP contribution in [0.3, 0.4) is 0 Å². The van der Waals surface area contributed by atoms with Crippen molar-refractivity contribution in [1.82, 2.24) is 10.6 Å². The molecule has 0 aliphatic carbocycles. The van der Waals surface area contributed by atoms with Gasteiger partial charge in [-0.1, -0.05) is 6.92 Å². The lowest BCUT2D eigenvalue weighted by atomic mass is 9.98. The molecule has 1 rings (SSSR count). The Hall–Kier alpha value is -1.01. The van der Waals surface area contributed by atoms with Gasteiger partial charge in [-0.25, -0.2) is 0 Å². The first-order valence-corrected chi connectivity index (χ1v) is 5.47. The van der Waals surface area contributed by atoms with Crippen molar-refractivity contribution in [3.63, 3.8) is 0 Å². The zero-order chi connectivity index (χ0) is 12.1. The van der Waals surface area contributed by atoms with Gasteiger partial charge in [0.05, 0.1) is 11.5 Å². The number of ether oxygens (including phenoxy) is 1. The third kappa shape index (κ3) is 3.24. The average molecular weight is 250 g/mol. The van der Waals surface area contributed by atoms with E-state index < -0.39 is 10.1 Å². The van der Waals surface area contributed by atoms with Crippen molar-refractivity contribution in [1.29, 1.82) is 0 Å². The van der Waals surface area contributed by atoms with Gasteiger partial charge < -0.3 is 15.4 Å². The third-order valence-electron chi connectivity index (χ3n) is 2.68. The van der Waals surface area contributed by atoms with E-state index in [2.05, 4.69) is 17.6 Å². The van der Waals surface area contributed by atoms with Gasteiger partial charge in [-0.3, -0.25) is 10.1 Å². The zero-order valence-corrected chi connectivity index (χ0v) is 10.1. The first-order chi connectivity index (χ1) is 7.56. The maximum absolute atomic E-state index is 10.5. The predicted molar refractivity (Wildman–Crippen MR) is 60.4 cm³/mol. The molecular formula is C9H16ClN3O3. The van der Waals surface area contributed by atoms with Gasteiger partial charge in [0, 0.05) is 26.1 Å². The monoisotopic (exact) mass is 249 g/mol. The zero-order valence-electron chi connectivity index (χ0n) is 9.33. The fourth-order valence-corrected chi connectivity index (χ4v) is 1.72. The Morgan fingerprint density at radius 3 is 2.75 bits per heavy atom. The maximum atomic E-state index is 10.5. The Bertz CT molecular complexity index is 296. The average Bonchev–Trinajstić information content (AvgIpc) is 2.65. The molecule has 0 spiro atoms. The summed E-state index contributed by atoms with van der Waals surface area (Å²) in [7, 11) is 1.59. The first-order valence-electron chi connectivity index (χ1n) is 5.09. The van der Waals surface area contributed by atoms with Crippen molar-refractivity contribution >= 4 is 11.6 Å². The summed E-state index contributed by atoms with van der Waals surface area (Å²) < 4.78 is 5.30. The number of nitrogens with one attached hydrogen (secondary N) is 2. The molecule has 6 nitrogen and oxygen atoms in total. The third-order valence-corrected chi connectivity index (χ3v) is 3.00. The molecular weight excluding hydrogens is 234 g/mol. The van der Waals surface area contributed by atoms with E-state index in [4.69, 9.17) is 16.3 Å². The van der Waals surface area contributed by atoms with Crippen LogP contribution < -0.4 is 10.6 Å². The van der Waals surface area contributed by atoms with Crippen molar-refractivity contribution in [2.75, 3.05) is 26.8 Å². The maximum Gasteiger partial charge on any atom is 0.377 e. The van der Waals surface area contributed by atoms with Crippen LogP contribution in [0.1, 0.15) is 6.92 Å². The SMILES string of the molecule is CNC(NCC1COCC1C)=C(Cl)[N+](=O)[O-]. The second-order valence-corrected chi connectivity index (χ2v) is 4.19. The van der Waals surface area contributed by atoms with E-state index in [1.54, 1.807) is 7.05 Å². The molecule has 0 aromatic carbocycles. The van der Waals surface area contributed by atoms with Crippen LogP contribution in [0.15, 0.2) is 11.0 Å². The van der Waals surface area contributed by atoms with Crippen molar-refractivity contribution in [2.45, 2.75) is 6.92 Å². The summed E-state index contributed by atoms with van der Waals surface area (Å²) in [5.41, 5.74) is 0. The molecule has 0 bridgehead atoms. The van der Waals surface area contributed by atoms with Crippen molar-refractivity contribution in [3.8, 4) is 0 Å². The highest BCUT2D eigenvalue weighted by atomic mass is 35.5. The normalized spacial score (nSPS) is 26.2. The Morgan fingerprint density at radius 2 is 2.31 bits per heavy atom. The van der Waals surface area contributed by atoms with Crippen LogP contribution in [0.2, 0.25) is 0 Å². The molecule has 1 saturated heterocycles. The molecule has 2 N–H and O–H groups in total. The smallest absolute Gasteiger partial charge is 0.377 e. The molecule has 0 aromatic rings. The minimum absolute atomic E-state index is 0.241. The van der Waals surface area contributed by atoms with Crippen molar-refractivity contribution in [2.24, 2.45) is 11.8 Å². The first kappa shape index (κ1) is 13.1.